The highest BCUT2D eigenvalue weighted by molar-refractivity contribution is 7.92. The highest BCUT2D eigenvalue weighted by Gasteiger charge is 2.36. The molecule has 3 N–H and O–H groups in total. The second-order valence-corrected chi connectivity index (χ2v) is 7.04. The summed E-state index contributed by atoms with van der Waals surface area (Å²) in [5.74, 6) is -0.264. The summed E-state index contributed by atoms with van der Waals surface area (Å²) in [5.41, 5.74) is 5.50. The highest BCUT2D eigenvalue weighted by atomic mass is 32.2. The normalized spacial score (nSPS) is 19.9. The predicted octanol–water partition coefficient (Wildman–Crippen LogP) is -0.400. The van der Waals surface area contributed by atoms with E-state index in [-0.39, 0.29) is 16.9 Å². The summed E-state index contributed by atoms with van der Waals surface area (Å²) in [6.45, 7) is 1.36. The molecule has 0 aromatic heterocycles. The van der Waals surface area contributed by atoms with E-state index in [0.717, 1.165) is 19.1 Å². The van der Waals surface area contributed by atoms with Crippen molar-refractivity contribution < 1.29 is 13.2 Å². The van der Waals surface area contributed by atoms with Crippen molar-refractivity contribution in [2.45, 2.75) is 31.1 Å². The Bertz CT molecular complexity index is 401. The molecule has 2 unspecified atom stereocenters. The second kappa shape index (κ2) is 4.67. The zero-order valence-electron chi connectivity index (χ0n) is 9.26. The summed E-state index contributed by atoms with van der Waals surface area (Å²) in [4.78, 5) is 11.9. The minimum absolute atomic E-state index is 0.219. The Morgan fingerprint density at radius 2 is 2.00 bits per heavy atom. The van der Waals surface area contributed by atoms with Crippen molar-refractivity contribution in [1.29, 1.82) is 0 Å². The third kappa shape index (κ3) is 3.41. The first kappa shape index (κ1) is 13.4. The maximum atomic E-state index is 11.6. The van der Waals surface area contributed by atoms with Crippen LogP contribution in [0.2, 0.25) is 0 Å². The van der Waals surface area contributed by atoms with Crippen LogP contribution in [-0.2, 0) is 14.6 Å². The lowest BCUT2D eigenvalue weighted by molar-refractivity contribution is -0.120. The molecule has 16 heavy (non-hydrogen) atoms. The van der Waals surface area contributed by atoms with Crippen LogP contribution in [0.4, 0.5) is 0 Å². The molecule has 0 heterocycles. The summed E-state index contributed by atoms with van der Waals surface area (Å²) in [6, 6.07) is -0.369. The van der Waals surface area contributed by atoms with E-state index < -0.39 is 21.0 Å². The van der Waals surface area contributed by atoms with Gasteiger partial charge in [-0.3, -0.25) is 4.79 Å². The largest absolute Gasteiger partial charge is 0.392 e. The molecule has 92 valence electrons. The van der Waals surface area contributed by atoms with Gasteiger partial charge < -0.3 is 11.1 Å². The highest BCUT2D eigenvalue weighted by Crippen LogP contribution is 2.32. The van der Waals surface area contributed by atoms with Crippen LogP contribution >= 0.6 is 12.2 Å². The van der Waals surface area contributed by atoms with E-state index in [1.807, 2.05) is 0 Å². The Labute approximate surface area is 101 Å². The van der Waals surface area contributed by atoms with E-state index in [4.69, 9.17) is 18.0 Å². The number of hydrogen-bond donors (Lipinski definition) is 2. The first-order chi connectivity index (χ1) is 7.23. The van der Waals surface area contributed by atoms with Gasteiger partial charge >= 0.3 is 0 Å². The van der Waals surface area contributed by atoms with E-state index in [2.05, 4.69) is 5.32 Å². The zero-order valence-corrected chi connectivity index (χ0v) is 10.9. The average Bonchev–Trinajstić information content (AvgIpc) is 2.93. The minimum Gasteiger partial charge on any atom is -0.392 e. The van der Waals surface area contributed by atoms with E-state index in [9.17, 15) is 13.2 Å². The molecule has 0 aromatic rings. The lowest BCUT2D eigenvalue weighted by atomic mass is 10.2. The number of carbonyl (C=O) groups is 1. The first-order valence-corrected chi connectivity index (χ1v) is 7.38. The van der Waals surface area contributed by atoms with Gasteiger partial charge in [-0.05, 0) is 25.7 Å². The predicted molar refractivity (Wildman–Crippen MR) is 65.7 cm³/mol. The molecular weight excluding hydrogens is 248 g/mol. The van der Waals surface area contributed by atoms with E-state index in [0.29, 0.717) is 0 Å². The van der Waals surface area contributed by atoms with Gasteiger partial charge in [0.2, 0.25) is 5.91 Å². The molecule has 2 atom stereocenters. The van der Waals surface area contributed by atoms with Crippen molar-refractivity contribution >= 4 is 33.0 Å². The Kier molecular flexibility index (Phi) is 3.90. The smallest absolute Gasteiger partial charge is 0.238 e. The fourth-order valence-corrected chi connectivity index (χ4v) is 2.02. The first-order valence-electron chi connectivity index (χ1n) is 5.02. The van der Waals surface area contributed by atoms with Crippen molar-refractivity contribution in [2.75, 3.05) is 6.26 Å². The molecule has 1 saturated carbocycles. The Morgan fingerprint density at radius 3 is 2.31 bits per heavy atom. The minimum atomic E-state index is -3.37. The summed E-state index contributed by atoms with van der Waals surface area (Å²) in [7, 11) is -3.37. The summed E-state index contributed by atoms with van der Waals surface area (Å²) in [6.07, 6.45) is 2.97. The molecule has 1 aliphatic carbocycles. The Hall–Kier alpha value is -0.690. The van der Waals surface area contributed by atoms with Crippen molar-refractivity contribution in [3.8, 4) is 0 Å². The number of amides is 1. The van der Waals surface area contributed by atoms with E-state index in [1.54, 1.807) is 0 Å². The van der Waals surface area contributed by atoms with Crippen molar-refractivity contribution in [1.82, 2.24) is 5.32 Å². The third-order valence-corrected chi connectivity index (χ3v) is 4.46. The van der Waals surface area contributed by atoms with Crippen LogP contribution in [0.3, 0.4) is 0 Å². The summed E-state index contributed by atoms with van der Waals surface area (Å²) >= 11 is 4.85. The summed E-state index contributed by atoms with van der Waals surface area (Å²) in [5, 5.41) is 1.53. The van der Waals surface area contributed by atoms with Crippen molar-refractivity contribution in [3.63, 3.8) is 0 Å². The molecule has 0 bridgehead atoms. The molecule has 1 fully saturated rings. The van der Waals surface area contributed by atoms with Gasteiger partial charge in [-0.2, -0.15) is 0 Å². The topological polar surface area (TPSA) is 89.3 Å². The molecule has 0 saturated heterocycles. The fraction of sp³-hybridized carbons (Fsp3) is 0.778. The maximum absolute atomic E-state index is 11.6. The summed E-state index contributed by atoms with van der Waals surface area (Å²) < 4.78 is 22.4. The SMILES string of the molecule is CC(C(=O)NC(C(N)=S)C1CC1)S(C)(=O)=O. The third-order valence-electron chi connectivity index (χ3n) is 2.71. The lowest BCUT2D eigenvalue weighted by Gasteiger charge is -2.18. The molecule has 0 aromatic carbocycles. The van der Waals surface area contributed by atoms with Crippen LogP contribution in [0.1, 0.15) is 19.8 Å². The van der Waals surface area contributed by atoms with Gasteiger partial charge in [0.15, 0.2) is 9.84 Å². The molecule has 0 aliphatic heterocycles. The quantitative estimate of drug-likeness (QED) is 0.660. The van der Waals surface area contributed by atoms with Gasteiger partial charge in [0.25, 0.3) is 0 Å². The number of hydrogen-bond acceptors (Lipinski definition) is 4. The molecule has 1 rings (SSSR count). The molecule has 1 aliphatic rings. The van der Waals surface area contributed by atoms with E-state index >= 15 is 0 Å². The number of rotatable bonds is 5. The molecule has 5 nitrogen and oxygen atoms in total. The Morgan fingerprint density at radius 1 is 1.50 bits per heavy atom. The van der Waals surface area contributed by atoms with E-state index in [1.165, 1.54) is 6.92 Å². The van der Waals surface area contributed by atoms with Gasteiger partial charge in [0.05, 0.1) is 11.0 Å². The molecular formula is C9H16N2O3S2. The number of nitrogens with one attached hydrogen (secondary N) is 1. The van der Waals surface area contributed by atoms with Gasteiger partial charge in [-0.15, -0.1) is 0 Å². The number of carbonyl (C=O) groups excluding carboxylic acids is 1. The zero-order chi connectivity index (χ0) is 12.5. The molecule has 1 amide bonds. The van der Waals surface area contributed by atoms with Crippen molar-refractivity contribution in [3.05, 3.63) is 0 Å². The molecule has 7 heteroatoms. The number of thiocarbonyl (C=S) groups is 1. The molecule has 0 spiro atoms. The van der Waals surface area contributed by atoms with Crippen LogP contribution in [0.25, 0.3) is 0 Å². The van der Waals surface area contributed by atoms with Gasteiger partial charge in [-0.1, -0.05) is 12.2 Å². The average molecular weight is 264 g/mol. The lowest BCUT2D eigenvalue weighted by Crippen LogP contribution is -2.49. The van der Waals surface area contributed by atoms with Gasteiger partial charge in [0.1, 0.15) is 5.25 Å². The Balaban J connectivity index is 2.65. The fourth-order valence-electron chi connectivity index (χ4n) is 1.32. The maximum Gasteiger partial charge on any atom is 0.238 e. The van der Waals surface area contributed by atoms with Gasteiger partial charge in [0, 0.05) is 6.26 Å². The number of nitrogens with two attached hydrogens (primary N) is 1. The van der Waals surface area contributed by atoms with Crippen LogP contribution in [0.5, 0.6) is 0 Å². The monoisotopic (exact) mass is 264 g/mol. The number of sulfone groups is 1. The van der Waals surface area contributed by atoms with Crippen LogP contribution in [0.15, 0.2) is 0 Å². The van der Waals surface area contributed by atoms with Crippen molar-refractivity contribution in [2.24, 2.45) is 11.7 Å². The van der Waals surface area contributed by atoms with Crippen LogP contribution in [-0.4, -0.2) is 36.9 Å². The van der Waals surface area contributed by atoms with Gasteiger partial charge in [-0.25, -0.2) is 8.42 Å². The van der Waals surface area contributed by atoms with Crippen LogP contribution in [0, 0.1) is 5.92 Å². The second-order valence-electron chi connectivity index (χ2n) is 4.20. The molecule has 0 radical (unpaired) electrons. The standard InChI is InChI=1S/C9H16N2O3S2/c1-5(16(2,13)14)9(12)11-7(8(10)15)6-3-4-6/h5-7H,3-4H2,1-2H3,(H2,10,15)(H,11,12). The van der Waals surface area contributed by atoms with Crippen LogP contribution < -0.4 is 11.1 Å².